The van der Waals surface area contributed by atoms with Gasteiger partial charge in [0.1, 0.15) is 12.6 Å². The number of hydrogen-bond acceptors (Lipinski definition) is 0. The lowest BCUT2D eigenvalue weighted by atomic mass is 10.1. The second-order valence-corrected chi connectivity index (χ2v) is 6.48. The second-order valence-electron chi connectivity index (χ2n) is 6.48. The lowest BCUT2D eigenvalue weighted by molar-refractivity contribution is -0.659. The zero-order valence-electron chi connectivity index (χ0n) is 14.9. The molecule has 3 aromatic heterocycles. The van der Waals surface area contributed by atoms with Gasteiger partial charge in [0.2, 0.25) is 5.69 Å². The molecule has 0 bridgehead atoms. The van der Waals surface area contributed by atoms with E-state index >= 15 is 0 Å². The lowest BCUT2D eigenvalue weighted by Gasteiger charge is -2.01. The van der Waals surface area contributed by atoms with Crippen molar-refractivity contribution >= 4 is 40.0 Å². The van der Waals surface area contributed by atoms with Gasteiger partial charge >= 0.3 is 7.25 Å². The van der Waals surface area contributed by atoms with Crippen molar-refractivity contribution in [3.05, 3.63) is 67.0 Å². The van der Waals surface area contributed by atoms with Crippen LogP contribution < -0.4 is 4.57 Å². The molecule has 0 saturated heterocycles. The van der Waals surface area contributed by atoms with Crippen LogP contribution in [0, 0.1) is 0 Å². The molecular weight excluding hydrogens is 369 g/mol. The molecule has 0 radical (unpaired) electrons. The normalized spacial score (nSPS) is 11.8. The standard InChI is InChI=1S/C20H15N3.BF4/c1-23-11-10-15-13-6-3-5-9-18(13)22-19(15)20(23)16-12-21-17-8-4-2-7-14(16)17;2-1(3,4)5/h2-12H,1H3,(H,21,22);/q;-1/p+1. The number of H-pyrrole nitrogens is 2. The SMILES string of the molecule is C[n+]1ccc2c([nH]c3ccccc32)c1-c1c[nH]c2ccccc12.F[B-](F)(F)F. The topological polar surface area (TPSA) is 35.5 Å². The summed E-state index contributed by atoms with van der Waals surface area (Å²) in [7, 11) is -3.90. The van der Waals surface area contributed by atoms with Gasteiger partial charge in [-0.05, 0) is 12.1 Å². The van der Waals surface area contributed by atoms with Crippen LogP contribution in [0.4, 0.5) is 17.3 Å². The number of hydrogen-bond donors (Lipinski definition) is 2. The van der Waals surface area contributed by atoms with E-state index < -0.39 is 7.25 Å². The number of aryl methyl sites for hydroxylation is 1. The summed E-state index contributed by atoms with van der Waals surface area (Å²) in [4.78, 5) is 6.99. The van der Waals surface area contributed by atoms with Crippen molar-refractivity contribution in [2.24, 2.45) is 7.05 Å². The summed E-state index contributed by atoms with van der Waals surface area (Å²) >= 11 is 0. The summed E-state index contributed by atoms with van der Waals surface area (Å²) in [6, 6.07) is 19.1. The highest BCUT2D eigenvalue weighted by Crippen LogP contribution is 2.33. The van der Waals surface area contributed by atoms with Crippen molar-refractivity contribution in [1.82, 2.24) is 9.97 Å². The zero-order chi connectivity index (χ0) is 19.9. The van der Waals surface area contributed by atoms with Crippen molar-refractivity contribution in [2.45, 2.75) is 0 Å². The predicted octanol–water partition coefficient (Wildman–Crippen LogP) is 5.59. The molecule has 0 unspecified atom stereocenters. The number of fused-ring (bicyclic) bond motifs is 4. The Balaban J connectivity index is 0.000000346. The average molecular weight is 385 g/mol. The number of rotatable bonds is 1. The molecular formula is C20H16BF4N3. The van der Waals surface area contributed by atoms with Crippen LogP contribution in [0.3, 0.4) is 0 Å². The number of nitrogens with one attached hydrogen (secondary N) is 2. The minimum atomic E-state index is -6.00. The van der Waals surface area contributed by atoms with E-state index in [-0.39, 0.29) is 0 Å². The number of pyridine rings is 1. The monoisotopic (exact) mass is 385 g/mol. The first-order valence-electron chi connectivity index (χ1n) is 8.66. The summed E-state index contributed by atoms with van der Waals surface area (Å²) in [6.45, 7) is 0. The number of benzene rings is 2. The maximum atomic E-state index is 9.75. The van der Waals surface area contributed by atoms with Gasteiger partial charge in [0.25, 0.3) is 0 Å². The Morgan fingerprint density at radius 1 is 0.786 bits per heavy atom. The molecule has 0 atom stereocenters. The van der Waals surface area contributed by atoms with Gasteiger partial charge < -0.3 is 27.2 Å². The van der Waals surface area contributed by atoms with Crippen LogP contribution in [-0.4, -0.2) is 17.2 Å². The maximum absolute atomic E-state index is 9.75. The van der Waals surface area contributed by atoms with Crippen LogP contribution in [0.1, 0.15) is 0 Å². The van der Waals surface area contributed by atoms with Gasteiger partial charge in [-0.2, -0.15) is 4.57 Å². The Hall–Kier alpha value is -3.29. The van der Waals surface area contributed by atoms with Crippen molar-refractivity contribution in [2.75, 3.05) is 0 Å². The molecule has 5 rings (SSSR count). The fourth-order valence-electron chi connectivity index (χ4n) is 3.55. The van der Waals surface area contributed by atoms with Gasteiger partial charge in [0, 0.05) is 39.5 Å². The van der Waals surface area contributed by atoms with Gasteiger partial charge in [-0.15, -0.1) is 0 Å². The Morgan fingerprint density at radius 3 is 2.11 bits per heavy atom. The molecule has 0 aliphatic rings. The molecule has 142 valence electrons. The Bertz CT molecular complexity index is 1280. The Morgan fingerprint density at radius 2 is 1.39 bits per heavy atom. The zero-order valence-corrected chi connectivity index (χ0v) is 14.9. The molecule has 2 aromatic carbocycles. The Labute approximate surface area is 157 Å². The smallest absolute Gasteiger partial charge is 0.418 e. The highest BCUT2D eigenvalue weighted by molar-refractivity contribution is 6.50. The molecule has 0 saturated carbocycles. The second kappa shape index (κ2) is 6.71. The molecule has 5 aromatic rings. The third-order valence-electron chi connectivity index (χ3n) is 4.64. The first kappa shape index (κ1) is 18.1. The summed E-state index contributed by atoms with van der Waals surface area (Å²) < 4.78 is 41.2. The molecule has 0 amide bonds. The van der Waals surface area contributed by atoms with Crippen molar-refractivity contribution < 1.29 is 21.8 Å². The summed E-state index contributed by atoms with van der Waals surface area (Å²) in [5.41, 5.74) is 5.95. The quantitative estimate of drug-likeness (QED) is 0.214. The molecule has 0 aliphatic carbocycles. The van der Waals surface area contributed by atoms with E-state index in [2.05, 4.69) is 88.6 Å². The predicted molar refractivity (Wildman–Crippen MR) is 104 cm³/mol. The van der Waals surface area contributed by atoms with Crippen molar-refractivity contribution in [1.29, 1.82) is 0 Å². The molecule has 2 N–H and O–H groups in total. The highest BCUT2D eigenvalue weighted by Gasteiger charge is 2.21. The maximum Gasteiger partial charge on any atom is 0.673 e. The van der Waals surface area contributed by atoms with E-state index in [9.17, 15) is 17.3 Å². The Kier molecular flexibility index (Phi) is 4.33. The van der Waals surface area contributed by atoms with Gasteiger partial charge in [-0.25, -0.2) is 0 Å². The van der Waals surface area contributed by atoms with Crippen LogP contribution >= 0.6 is 0 Å². The number of halogens is 4. The summed E-state index contributed by atoms with van der Waals surface area (Å²) in [5.74, 6) is 0. The first-order valence-corrected chi connectivity index (χ1v) is 8.66. The number of aromatic nitrogens is 3. The van der Waals surface area contributed by atoms with Crippen LogP contribution in [-0.2, 0) is 7.05 Å². The highest BCUT2D eigenvalue weighted by atomic mass is 19.5. The van der Waals surface area contributed by atoms with Gasteiger partial charge in [0.05, 0.1) is 5.56 Å². The molecule has 3 heterocycles. The summed E-state index contributed by atoms with van der Waals surface area (Å²) in [5, 5.41) is 3.78. The van der Waals surface area contributed by atoms with E-state index in [1.165, 1.54) is 38.4 Å². The van der Waals surface area contributed by atoms with Crippen molar-refractivity contribution in [3.8, 4) is 11.3 Å². The fourth-order valence-corrected chi connectivity index (χ4v) is 3.55. The minimum absolute atomic E-state index is 1.16. The molecule has 0 fully saturated rings. The van der Waals surface area contributed by atoms with Crippen LogP contribution in [0.2, 0.25) is 0 Å². The van der Waals surface area contributed by atoms with E-state index in [4.69, 9.17) is 0 Å². The number of aromatic amines is 2. The van der Waals surface area contributed by atoms with Crippen molar-refractivity contribution in [3.63, 3.8) is 0 Å². The van der Waals surface area contributed by atoms with Gasteiger partial charge in [-0.1, -0.05) is 36.4 Å². The van der Waals surface area contributed by atoms with Crippen LogP contribution in [0.15, 0.2) is 67.0 Å². The van der Waals surface area contributed by atoms with Gasteiger partial charge in [-0.3, -0.25) is 0 Å². The van der Waals surface area contributed by atoms with E-state index in [0.717, 1.165) is 5.52 Å². The summed E-state index contributed by atoms with van der Waals surface area (Å²) in [6.07, 6.45) is 4.24. The van der Waals surface area contributed by atoms with Gasteiger partial charge in [0.15, 0.2) is 6.20 Å². The van der Waals surface area contributed by atoms with E-state index in [1.54, 1.807) is 0 Å². The fraction of sp³-hybridized carbons (Fsp3) is 0.0500. The number of para-hydroxylation sites is 2. The molecule has 28 heavy (non-hydrogen) atoms. The molecule has 3 nitrogen and oxygen atoms in total. The first-order chi connectivity index (χ1) is 13.3. The van der Waals surface area contributed by atoms with Crippen LogP contribution in [0.25, 0.3) is 44.0 Å². The molecule has 0 aliphatic heterocycles. The average Bonchev–Trinajstić information content (AvgIpc) is 3.22. The van der Waals surface area contributed by atoms with E-state index in [1.807, 2.05) is 0 Å². The lowest BCUT2D eigenvalue weighted by Crippen LogP contribution is -2.30. The largest absolute Gasteiger partial charge is 0.673 e. The third-order valence-corrected chi connectivity index (χ3v) is 4.64. The minimum Gasteiger partial charge on any atom is -0.418 e. The van der Waals surface area contributed by atoms with E-state index in [0.29, 0.717) is 0 Å². The number of nitrogens with zero attached hydrogens (tertiary/aromatic N) is 1. The molecule has 8 heteroatoms. The third kappa shape index (κ3) is 3.33. The molecule has 0 spiro atoms. The van der Waals surface area contributed by atoms with Crippen LogP contribution in [0.5, 0.6) is 0 Å².